The van der Waals surface area contributed by atoms with Crippen LogP contribution in [0.3, 0.4) is 0 Å². The maximum Gasteiger partial charge on any atom is 0.160 e. The molecule has 0 radical (unpaired) electrons. The fourth-order valence-electron chi connectivity index (χ4n) is 1.99. The van der Waals surface area contributed by atoms with Gasteiger partial charge in [0, 0.05) is 22.8 Å². The van der Waals surface area contributed by atoms with E-state index in [9.17, 15) is 0 Å². The normalized spacial score (nSPS) is 14.2. The molecule has 1 unspecified atom stereocenters. The molecule has 0 aromatic carbocycles. The Bertz CT molecular complexity index is 619. The zero-order valence-electron chi connectivity index (χ0n) is 12.5. The van der Waals surface area contributed by atoms with Crippen molar-refractivity contribution in [3.8, 4) is 0 Å². The number of halogens is 2. The summed E-state index contributed by atoms with van der Waals surface area (Å²) in [4.78, 5) is 11.3. The van der Waals surface area contributed by atoms with Gasteiger partial charge >= 0.3 is 0 Å². The third-order valence-electron chi connectivity index (χ3n) is 3.69. The van der Waals surface area contributed by atoms with Crippen molar-refractivity contribution in [2.45, 2.75) is 38.2 Å². The molecule has 0 saturated heterocycles. The summed E-state index contributed by atoms with van der Waals surface area (Å²) in [6.45, 7) is 7.12. The van der Waals surface area contributed by atoms with E-state index in [1.54, 1.807) is 6.20 Å². The highest BCUT2D eigenvalue weighted by molar-refractivity contribution is 9.10. The van der Waals surface area contributed by atoms with E-state index in [0.717, 1.165) is 28.0 Å². The number of alkyl halides is 1. The number of likely N-dealkylation sites (N-methyl/N-ethyl adjacent to an activating group) is 1. The summed E-state index contributed by atoms with van der Waals surface area (Å²) >= 11 is 9.73. The van der Waals surface area contributed by atoms with Crippen molar-refractivity contribution in [2.24, 2.45) is 0 Å². The van der Waals surface area contributed by atoms with Crippen molar-refractivity contribution in [3.63, 3.8) is 0 Å². The molecule has 20 heavy (non-hydrogen) atoms. The summed E-state index contributed by atoms with van der Waals surface area (Å²) < 4.78 is 3.05. The van der Waals surface area contributed by atoms with Crippen LogP contribution in [-0.4, -0.2) is 39.1 Å². The number of pyridine rings is 1. The van der Waals surface area contributed by atoms with Gasteiger partial charge < -0.3 is 9.47 Å². The van der Waals surface area contributed by atoms with Crippen molar-refractivity contribution in [3.05, 3.63) is 22.6 Å². The van der Waals surface area contributed by atoms with Crippen LogP contribution in [0.4, 0.5) is 0 Å². The monoisotopic (exact) mass is 358 g/mol. The third-order valence-corrected chi connectivity index (χ3v) is 4.32. The topological polar surface area (TPSA) is 34.0 Å². The Morgan fingerprint density at radius 2 is 2.10 bits per heavy atom. The van der Waals surface area contributed by atoms with E-state index in [0.29, 0.717) is 0 Å². The van der Waals surface area contributed by atoms with Gasteiger partial charge in [-0.15, -0.1) is 11.6 Å². The highest BCUT2D eigenvalue weighted by atomic mass is 79.9. The molecule has 6 heteroatoms. The Morgan fingerprint density at radius 3 is 2.65 bits per heavy atom. The first kappa shape index (κ1) is 15.7. The molecule has 2 aromatic heterocycles. The van der Waals surface area contributed by atoms with Gasteiger partial charge in [0.05, 0.1) is 5.38 Å². The van der Waals surface area contributed by atoms with E-state index in [1.807, 2.05) is 13.0 Å². The first-order valence-corrected chi connectivity index (χ1v) is 7.78. The van der Waals surface area contributed by atoms with Crippen molar-refractivity contribution < 1.29 is 0 Å². The van der Waals surface area contributed by atoms with Crippen molar-refractivity contribution in [1.29, 1.82) is 0 Å². The Hall–Kier alpha value is -0.650. The molecule has 2 heterocycles. The largest absolute Gasteiger partial charge is 0.310 e. The highest BCUT2D eigenvalue weighted by Crippen LogP contribution is 2.27. The van der Waals surface area contributed by atoms with Crippen LogP contribution in [0.5, 0.6) is 0 Å². The van der Waals surface area contributed by atoms with Gasteiger partial charge in [-0.2, -0.15) is 0 Å². The zero-order chi connectivity index (χ0) is 15.1. The molecule has 110 valence electrons. The van der Waals surface area contributed by atoms with Crippen LogP contribution in [0.1, 0.15) is 32.0 Å². The number of rotatable bonds is 4. The number of hydrogen-bond donors (Lipinski definition) is 0. The van der Waals surface area contributed by atoms with Crippen LogP contribution in [0.15, 0.2) is 16.7 Å². The first-order valence-electron chi connectivity index (χ1n) is 6.55. The van der Waals surface area contributed by atoms with E-state index in [-0.39, 0.29) is 10.9 Å². The minimum atomic E-state index is -0.152. The molecule has 0 saturated carbocycles. The summed E-state index contributed by atoms with van der Waals surface area (Å²) in [5, 5.41) is -0.152. The Balaban J connectivity index is 2.57. The van der Waals surface area contributed by atoms with Crippen molar-refractivity contribution >= 4 is 38.7 Å². The quantitative estimate of drug-likeness (QED) is 0.778. The van der Waals surface area contributed by atoms with Gasteiger partial charge in [-0.05, 0) is 56.9 Å². The molecule has 0 bridgehead atoms. The molecule has 0 fully saturated rings. The van der Waals surface area contributed by atoms with E-state index < -0.39 is 0 Å². The van der Waals surface area contributed by atoms with Gasteiger partial charge in [-0.1, -0.05) is 0 Å². The van der Waals surface area contributed by atoms with Crippen LogP contribution < -0.4 is 0 Å². The standard InChI is InChI=1S/C14H20BrClN4/c1-9(16)12-18-11-6-10(15)7-17-13(11)20(12)8-14(2,3)19(4)5/h6-7,9H,8H2,1-5H3. The van der Waals surface area contributed by atoms with Gasteiger partial charge in [-0.25, -0.2) is 9.97 Å². The van der Waals surface area contributed by atoms with Crippen LogP contribution in [-0.2, 0) is 6.54 Å². The van der Waals surface area contributed by atoms with Gasteiger partial charge in [0.25, 0.3) is 0 Å². The highest BCUT2D eigenvalue weighted by Gasteiger charge is 2.25. The lowest BCUT2D eigenvalue weighted by Gasteiger charge is -2.33. The van der Waals surface area contributed by atoms with Crippen LogP contribution in [0.2, 0.25) is 0 Å². The first-order chi connectivity index (χ1) is 9.22. The fraction of sp³-hybridized carbons (Fsp3) is 0.571. The Morgan fingerprint density at radius 1 is 1.45 bits per heavy atom. The molecule has 1 atom stereocenters. The molecule has 0 amide bonds. The predicted octanol–water partition coefficient (Wildman–Crippen LogP) is 3.83. The number of fused-ring (bicyclic) bond motifs is 1. The van der Waals surface area contributed by atoms with Crippen molar-refractivity contribution in [2.75, 3.05) is 14.1 Å². The van der Waals surface area contributed by atoms with E-state index >= 15 is 0 Å². The van der Waals surface area contributed by atoms with E-state index in [2.05, 4.69) is 63.3 Å². The Labute approximate surface area is 133 Å². The smallest absolute Gasteiger partial charge is 0.160 e. The van der Waals surface area contributed by atoms with Gasteiger partial charge in [0.2, 0.25) is 0 Å². The molecular formula is C14H20BrClN4. The average molecular weight is 360 g/mol. The molecular weight excluding hydrogens is 340 g/mol. The SMILES string of the molecule is CC(Cl)c1nc2cc(Br)cnc2n1CC(C)(C)N(C)C. The second-order valence-corrected chi connectivity index (χ2v) is 7.45. The second-order valence-electron chi connectivity index (χ2n) is 5.88. The molecule has 0 N–H and O–H groups in total. The lowest BCUT2D eigenvalue weighted by atomic mass is 10.0. The molecule has 2 aromatic rings. The maximum absolute atomic E-state index is 6.29. The molecule has 0 spiro atoms. The molecule has 0 aliphatic rings. The van der Waals surface area contributed by atoms with Gasteiger partial charge in [0.15, 0.2) is 5.65 Å². The maximum atomic E-state index is 6.29. The molecule has 2 rings (SSSR count). The summed E-state index contributed by atoms with van der Waals surface area (Å²) in [5.41, 5.74) is 1.74. The van der Waals surface area contributed by atoms with Crippen LogP contribution in [0, 0.1) is 0 Å². The lowest BCUT2D eigenvalue weighted by Crippen LogP contribution is -2.42. The third kappa shape index (κ3) is 3.00. The zero-order valence-corrected chi connectivity index (χ0v) is 14.8. The minimum absolute atomic E-state index is 0.0110. The number of aromatic nitrogens is 3. The average Bonchev–Trinajstić information content (AvgIpc) is 2.66. The van der Waals surface area contributed by atoms with Crippen molar-refractivity contribution in [1.82, 2.24) is 19.4 Å². The summed E-state index contributed by atoms with van der Waals surface area (Å²) in [6.07, 6.45) is 1.80. The number of imidazole rings is 1. The minimum Gasteiger partial charge on any atom is -0.310 e. The Kier molecular flexibility index (Phi) is 4.42. The summed E-state index contributed by atoms with van der Waals surface area (Å²) in [6, 6.07) is 1.98. The summed E-state index contributed by atoms with van der Waals surface area (Å²) in [7, 11) is 4.15. The predicted molar refractivity (Wildman–Crippen MR) is 87.3 cm³/mol. The number of hydrogen-bond acceptors (Lipinski definition) is 3. The van der Waals surface area contributed by atoms with Gasteiger partial charge in [-0.3, -0.25) is 0 Å². The molecule has 0 aliphatic heterocycles. The second kappa shape index (κ2) is 5.62. The van der Waals surface area contributed by atoms with Gasteiger partial charge in [0.1, 0.15) is 11.3 Å². The molecule has 0 aliphatic carbocycles. The summed E-state index contributed by atoms with van der Waals surface area (Å²) in [5.74, 6) is 0.863. The van der Waals surface area contributed by atoms with E-state index in [4.69, 9.17) is 11.6 Å². The fourth-order valence-corrected chi connectivity index (χ4v) is 2.48. The van der Waals surface area contributed by atoms with Crippen LogP contribution in [0.25, 0.3) is 11.2 Å². The number of nitrogens with zero attached hydrogens (tertiary/aromatic N) is 4. The van der Waals surface area contributed by atoms with Crippen LogP contribution >= 0.6 is 27.5 Å². The molecule has 4 nitrogen and oxygen atoms in total. The van der Waals surface area contributed by atoms with E-state index in [1.165, 1.54) is 0 Å². The lowest BCUT2D eigenvalue weighted by molar-refractivity contribution is 0.169.